The average molecular weight is 621 g/mol. The van der Waals surface area contributed by atoms with Crippen molar-refractivity contribution < 1.29 is 22.7 Å². The van der Waals surface area contributed by atoms with Crippen molar-refractivity contribution in [2.24, 2.45) is 0 Å². The van der Waals surface area contributed by atoms with E-state index >= 15 is 0 Å². The lowest BCUT2D eigenvalue weighted by Gasteiger charge is -2.33. The van der Waals surface area contributed by atoms with Crippen LogP contribution < -0.4 is 14.4 Å². The highest BCUT2D eigenvalue weighted by molar-refractivity contribution is 7.92. The zero-order valence-electron chi connectivity index (χ0n) is 23.3. The van der Waals surface area contributed by atoms with Crippen LogP contribution in [0.2, 0.25) is 10.0 Å². The molecule has 3 aromatic rings. The van der Waals surface area contributed by atoms with E-state index in [9.17, 15) is 18.0 Å². The number of amides is 2. The number of rotatable bonds is 14. The summed E-state index contributed by atoms with van der Waals surface area (Å²) in [5.74, 6) is -0.332. The fraction of sp³-hybridized carbons (Fsp3) is 0.333. The lowest BCUT2D eigenvalue weighted by atomic mass is 10.1. The number of sulfonamides is 1. The van der Waals surface area contributed by atoms with Crippen LogP contribution in [-0.4, -0.2) is 50.9 Å². The Hall–Kier alpha value is -3.27. The van der Waals surface area contributed by atoms with Gasteiger partial charge in [0, 0.05) is 13.1 Å². The van der Waals surface area contributed by atoms with Crippen LogP contribution in [-0.2, 0) is 26.2 Å². The maximum Gasteiger partial charge on any atom is 0.264 e. The van der Waals surface area contributed by atoms with E-state index in [2.05, 4.69) is 5.32 Å². The number of ether oxygens (including phenoxy) is 1. The molecule has 0 aliphatic rings. The number of hydrogen-bond donors (Lipinski definition) is 1. The van der Waals surface area contributed by atoms with Gasteiger partial charge in [-0.25, -0.2) is 8.42 Å². The highest BCUT2D eigenvalue weighted by Gasteiger charge is 2.33. The molecule has 0 fully saturated rings. The van der Waals surface area contributed by atoms with Gasteiger partial charge in [-0.1, -0.05) is 61.3 Å². The van der Waals surface area contributed by atoms with Crippen molar-refractivity contribution in [1.29, 1.82) is 0 Å². The Morgan fingerprint density at radius 1 is 0.927 bits per heavy atom. The van der Waals surface area contributed by atoms with Gasteiger partial charge in [-0.3, -0.25) is 13.9 Å². The fourth-order valence-electron chi connectivity index (χ4n) is 4.24. The van der Waals surface area contributed by atoms with Crippen molar-refractivity contribution >= 4 is 50.7 Å². The summed E-state index contributed by atoms with van der Waals surface area (Å²) in [6.07, 6.45) is 1.05. The lowest BCUT2D eigenvalue weighted by Crippen LogP contribution is -2.52. The second-order valence-electron chi connectivity index (χ2n) is 9.24. The Bertz CT molecular complexity index is 1420. The molecule has 0 bridgehead atoms. The molecule has 220 valence electrons. The maximum absolute atomic E-state index is 14.0. The third-order valence-corrected chi connectivity index (χ3v) is 8.84. The van der Waals surface area contributed by atoms with Gasteiger partial charge >= 0.3 is 0 Å². The predicted molar refractivity (Wildman–Crippen MR) is 163 cm³/mol. The normalized spacial score (nSPS) is 11.9. The van der Waals surface area contributed by atoms with Gasteiger partial charge in [-0.05, 0) is 73.9 Å². The van der Waals surface area contributed by atoms with Crippen LogP contribution in [0.25, 0.3) is 0 Å². The number of nitrogens with zero attached hydrogens (tertiary/aromatic N) is 2. The minimum Gasteiger partial charge on any atom is -0.494 e. The number of hydrogen-bond acceptors (Lipinski definition) is 5. The van der Waals surface area contributed by atoms with Crippen molar-refractivity contribution in [3.05, 3.63) is 88.4 Å². The second kappa shape index (κ2) is 15.1. The average Bonchev–Trinajstić information content (AvgIpc) is 2.97. The molecule has 3 rings (SSSR count). The first kappa shape index (κ1) is 32.2. The quantitative estimate of drug-likeness (QED) is 0.242. The van der Waals surface area contributed by atoms with Crippen molar-refractivity contribution in [3.63, 3.8) is 0 Å². The van der Waals surface area contributed by atoms with Crippen molar-refractivity contribution in [3.8, 4) is 5.75 Å². The topological polar surface area (TPSA) is 96.0 Å². The number of carbonyl (C=O) groups is 2. The van der Waals surface area contributed by atoms with Gasteiger partial charge in [0.1, 0.15) is 18.3 Å². The summed E-state index contributed by atoms with van der Waals surface area (Å²) >= 11 is 12.3. The fourth-order valence-corrected chi connectivity index (χ4v) is 5.98. The summed E-state index contributed by atoms with van der Waals surface area (Å²) in [6.45, 7) is 5.96. The van der Waals surface area contributed by atoms with Crippen molar-refractivity contribution in [2.75, 3.05) is 24.0 Å². The molecule has 0 radical (unpaired) electrons. The Balaban J connectivity index is 2.03. The zero-order chi connectivity index (χ0) is 30.0. The van der Waals surface area contributed by atoms with E-state index in [1.807, 2.05) is 13.8 Å². The largest absolute Gasteiger partial charge is 0.494 e. The van der Waals surface area contributed by atoms with E-state index in [0.717, 1.165) is 10.7 Å². The summed E-state index contributed by atoms with van der Waals surface area (Å²) < 4.78 is 34.3. The highest BCUT2D eigenvalue weighted by atomic mass is 35.5. The van der Waals surface area contributed by atoms with Gasteiger partial charge < -0.3 is 15.0 Å². The van der Waals surface area contributed by atoms with Crippen LogP contribution in [0.4, 0.5) is 5.69 Å². The van der Waals surface area contributed by atoms with Gasteiger partial charge in [0.15, 0.2) is 0 Å². The van der Waals surface area contributed by atoms with E-state index < -0.39 is 28.5 Å². The smallest absolute Gasteiger partial charge is 0.264 e. The third kappa shape index (κ3) is 8.38. The molecule has 3 aromatic carbocycles. The molecule has 0 aliphatic carbocycles. The first-order valence-corrected chi connectivity index (χ1v) is 15.6. The Kier molecular flexibility index (Phi) is 11.9. The van der Waals surface area contributed by atoms with Crippen molar-refractivity contribution in [2.45, 2.75) is 51.1 Å². The minimum atomic E-state index is -4.18. The highest BCUT2D eigenvalue weighted by Crippen LogP contribution is 2.27. The SMILES string of the molecule is CCCNC(=O)[C@H](CC)N(Cc1ccc(Cl)c(Cl)c1)C(=O)CN(c1ccccc1)S(=O)(=O)c1ccc(OCC)cc1. The molecule has 0 aromatic heterocycles. The van der Waals surface area contributed by atoms with Crippen LogP contribution in [0.3, 0.4) is 0 Å². The molecule has 0 saturated heterocycles. The summed E-state index contributed by atoms with van der Waals surface area (Å²) in [5.41, 5.74) is 0.961. The molecule has 1 N–H and O–H groups in total. The number of benzene rings is 3. The number of anilines is 1. The zero-order valence-corrected chi connectivity index (χ0v) is 25.7. The first-order chi connectivity index (χ1) is 19.6. The molecular weight excluding hydrogens is 585 g/mol. The molecule has 0 spiro atoms. The molecule has 11 heteroatoms. The van der Waals surface area contributed by atoms with E-state index in [-0.39, 0.29) is 17.3 Å². The van der Waals surface area contributed by atoms with Crippen LogP contribution in [0.5, 0.6) is 5.75 Å². The standard InChI is InChI=1S/C30H35Cl2N3O5S/c1-4-18-33-30(37)28(5-2)34(20-22-12-17-26(31)27(32)19-22)29(36)21-35(23-10-8-7-9-11-23)41(38,39)25-15-13-24(14-16-25)40-6-3/h7-17,19,28H,4-6,18,20-21H2,1-3H3,(H,33,37)/t28-/m0/s1. The molecule has 0 saturated carbocycles. The molecule has 0 aliphatic heterocycles. The van der Waals surface area contributed by atoms with Gasteiger partial charge in [0.2, 0.25) is 11.8 Å². The Labute approximate surface area is 252 Å². The molecular formula is C30H35Cl2N3O5S. The van der Waals surface area contributed by atoms with E-state index in [1.165, 1.54) is 17.0 Å². The third-order valence-electron chi connectivity index (χ3n) is 6.32. The van der Waals surface area contributed by atoms with E-state index in [1.54, 1.807) is 67.6 Å². The Morgan fingerprint density at radius 3 is 2.20 bits per heavy atom. The minimum absolute atomic E-state index is 0.00127. The van der Waals surface area contributed by atoms with Crippen LogP contribution in [0.1, 0.15) is 39.2 Å². The number of carbonyl (C=O) groups excluding carboxylic acids is 2. The molecule has 8 nitrogen and oxygen atoms in total. The van der Waals surface area contributed by atoms with Gasteiger partial charge in [0.05, 0.1) is 27.2 Å². The summed E-state index contributed by atoms with van der Waals surface area (Å²) in [7, 11) is -4.18. The second-order valence-corrected chi connectivity index (χ2v) is 11.9. The van der Waals surface area contributed by atoms with Gasteiger partial charge in [0.25, 0.3) is 10.0 Å². The summed E-state index contributed by atoms with van der Waals surface area (Å²) in [4.78, 5) is 28.6. The predicted octanol–water partition coefficient (Wildman–Crippen LogP) is 5.92. The van der Waals surface area contributed by atoms with Crippen LogP contribution >= 0.6 is 23.2 Å². The van der Waals surface area contributed by atoms with Crippen LogP contribution in [0.15, 0.2) is 77.7 Å². The lowest BCUT2D eigenvalue weighted by molar-refractivity contribution is -0.140. The Morgan fingerprint density at radius 2 is 1.61 bits per heavy atom. The van der Waals surface area contributed by atoms with Gasteiger partial charge in [-0.15, -0.1) is 0 Å². The summed E-state index contributed by atoms with van der Waals surface area (Å²) in [5, 5.41) is 3.53. The summed E-state index contributed by atoms with van der Waals surface area (Å²) in [6, 6.07) is 18.6. The maximum atomic E-state index is 14.0. The number of nitrogens with one attached hydrogen (secondary N) is 1. The molecule has 0 unspecified atom stereocenters. The monoisotopic (exact) mass is 619 g/mol. The molecule has 0 heterocycles. The number of halogens is 2. The van der Waals surface area contributed by atoms with E-state index in [4.69, 9.17) is 27.9 Å². The molecule has 1 atom stereocenters. The first-order valence-electron chi connectivity index (χ1n) is 13.4. The number of para-hydroxylation sites is 1. The van der Waals surface area contributed by atoms with Gasteiger partial charge in [-0.2, -0.15) is 0 Å². The molecule has 2 amide bonds. The van der Waals surface area contributed by atoms with Crippen molar-refractivity contribution in [1.82, 2.24) is 10.2 Å². The van der Waals surface area contributed by atoms with E-state index in [0.29, 0.717) is 46.6 Å². The molecule has 41 heavy (non-hydrogen) atoms. The van der Waals surface area contributed by atoms with Crippen LogP contribution in [0, 0.1) is 0 Å².